The van der Waals surface area contributed by atoms with Crippen molar-refractivity contribution in [1.82, 2.24) is 9.97 Å². The van der Waals surface area contributed by atoms with Gasteiger partial charge >= 0.3 is 0 Å². The topological polar surface area (TPSA) is 42.9 Å². The highest BCUT2D eigenvalue weighted by Crippen LogP contribution is 2.30. The van der Waals surface area contributed by atoms with Crippen molar-refractivity contribution in [3.63, 3.8) is 0 Å². The lowest BCUT2D eigenvalue weighted by Crippen LogP contribution is -2.06. The number of aryl methyl sites for hydroxylation is 2. The summed E-state index contributed by atoms with van der Waals surface area (Å²) in [5.74, 6) is -0.510. The van der Waals surface area contributed by atoms with Crippen LogP contribution in [0.25, 0.3) is 10.6 Å². The third-order valence-electron chi connectivity index (χ3n) is 3.42. The SMILES string of the molecule is Cc1nc(C)c(-c2csc(CC(=O)Cc3ccc(Cl)c(F)c3)n2)s1. The number of carbonyl (C=O) groups excluding carboxylic acids is 1. The van der Waals surface area contributed by atoms with Crippen LogP contribution in [-0.4, -0.2) is 15.8 Å². The maximum Gasteiger partial charge on any atom is 0.144 e. The van der Waals surface area contributed by atoms with E-state index in [0.29, 0.717) is 5.56 Å². The van der Waals surface area contributed by atoms with Crippen molar-refractivity contribution in [3.8, 4) is 10.6 Å². The molecule has 0 aliphatic heterocycles. The third-order valence-corrected chi connectivity index (χ3v) is 5.67. The van der Waals surface area contributed by atoms with Gasteiger partial charge in [0, 0.05) is 11.8 Å². The van der Waals surface area contributed by atoms with Crippen LogP contribution in [0.2, 0.25) is 5.02 Å². The molecule has 124 valence electrons. The lowest BCUT2D eigenvalue weighted by atomic mass is 10.1. The number of hydrogen-bond donors (Lipinski definition) is 0. The molecular formula is C17H14ClFN2OS2. The monoisotopic (exact) mass is 380 g/mol. The summed E-state index contributed by atoms with van der Waals surface area (Å²) in [6.45, 7) is 3.92. The Bertz CT molecular complexity index is 904. The fourth-order valence-corrected chi connectivity index (χ4v) is 4.26. The van der Waals surface area contributed by atoms with Crippen molar-refractivity contribution in [2.24, 2.45) is 0 Å². The van der Waals surface area contributed by atoms with E-state index < -0.39 is 5.82 Å². The normalized spacial score (nSPS) is 11.0. The molecule has 0 saturated carbocycles. The van der Waals surface area contributed by atoms with Gasteiger partial charge in [0.25, 0.3) is 0 Å². The Morgan fingerprint density at radius 1 is 1.25 bits per heavy atom. The van der Waals surface area contributed by atoms with Crippen LogP contribution in [0.4, 0.5) is 4.39 Å². The van der Waals surface area contributed by atoms with Crippen molar-refractivity contribution in [1.29, 1.82) is 0 Å². The molecule has 0 radical (unpaired) electrons. The summed E-state index contributed by atoms with van der Waals surface area (Å²) in [5, 5.41) is 3.77. The van der Waals surface area contributed by atoms with Crippen LogP contribution in [0.3, 0.4) is 0 Å². The van der Waals surface area contributed by atoms with Gasteiger partial charge in [0.2, 0.25) is 0 Å². The van der Waals surface area contributed by atoms with Crippen molar-refractivity contribution in [2.45, 2.75) is 26.7 Å². The minimum Gasteiger partial charge on any atom is -0.299 e. The number of aromatic nitrogens is 2. The summed E-state index contributed by atoms with van der Waals surface area (Å²) < 4.78 is 13.4. The molecule has 0 unspecified atom stereocenters. The molecule has 2 aromatic heterocycles. The Balaban J connectivity index is 1.69. The Morgan fingerprint density at radius 3 is 2.71 bits per heavy atom. The van der Waals surface area contributed by atoms with Crippen molar-refractivity contribution in [3.05, 3.63) is 55.7 Å². The minimum absolute atomic E-state index is 0.00479. The van der Waals surface area contributed by atoms with Crippen LogP contribution < -0.4 is 0 Å². The van der Waals surface area contributed by atoms with E-state index in [-0.39, 0.29) is 23.6 Å². The summed E-state index contributed by atoms with van der Waals surface area (Å²) in [6, 6.07) is 4.44. The number of carbonyl (C=O) groups is 1. The highest BCUT2D eigenvalue weighted by Gasteiger charge is 2.14. The van der Waals surface area contributed by atoms with Crippen LogP contribution in [0.5, 0.6) is 0 Å². The average molecular weight is 381 g/mol. The van der Waals surface area contributed by atoms with Gasteiger partial charge in [-0.25, -0.2) is 14.4 Å². The lowest BCUT2D eigenvalue weighted by molar-refractivity contribution is -0.117. The van der Waals surface area contributed by atoms with E-state index in [1.807, 2.05) is 19.2 Å². The van der Waals surface area contributed by atoms with Crippen LogP contribution in [0.1, 0.15) is 21.3 Å². The van der Waals surface area contributed by atoms with E-state index in [2.05, 4.69) is 9.97 Å². The van der Waals surface area contributed by atoms with Gasteiger partial charge < -0.3 is 0 Å². The molecule has 1 aromatic carbocycles. The largest absolute Gasteiger partial charge is 0.299 e. The first-order valence-electron chi connectivity index (χ1n) is 7.27. The van der Waals surface area contributed by atoms with E-state index in [0.717, 1.165) is 26.3 Å². The van der Waals surface area contributed by atoms with Crippen molar-refractivity contribution < 1.29 is 9.18 Å². The molecule has 3 aromatic rings. The van der Waals surface area contributed by atoms with Gasteiger partial charge in [-0.2, -0.15) is 0 Å². The second-order valence-electron chi connectivity index (χ2n) is 5.41. The predicted molar refractivity (Wildman–Crippen MR) is 96.5 cm³/mol. The second kappa shape index (κ2) is 7.09. The number of ketones is 1. The van der Waals surface area contributed by atoms with Crippen molar-refractivity contribution >= 4 is 40.1 Å². The van der Waals surface area contributed by atoms with Crippen LogP contribution in [0.15, 0.2) is 23.6 Å². The fourth-order valence-electron chi connectivity index (χ4n) is 2.37. The van der Waals surface area contributed by atoms with E-state index in [1.165, 1.54) is 23.5 Å². The summed E-state index contributed by atoms with van der Waals surface area (Å²) in [6.07, 6.45) is 0.410. The summed E-state index contributed by atoms with van der Waals surface area (Å²) >= 11 is 8.71. The second-order valence-corrected chi connectivity index (χ2v) is 7.97. The molecule has 3 nitrogen and oxygen atoms in total. The maximum absolute atomic E-state index is 13.4. The number of halogens is 2. The first-order valence-corrected chi connectivity index (χ1v) is 9.34. The molecule has 0 aliphatic carbocycles. The van der Waals surface area contributed by atoms with Crippen molar-refractivity contribution in [2.75, 3.05) is 0 Å². The molecule has 0 N–H and O–H groups in total. The zero-order valence-electron chi connectivity index (χ0n) is 13.1. The summed E-state index contributed by atoms with van der Waals surface area (Å²) in [4.78, 5) is 22.2. The lowest BCUT2D eigenvalue weighted by Gasteiger charge is -2.01. The summed E-state index contributed by atoms with van der Waals surface area (Å²) in [7, 11) is 0. The number of hydrogen-bond acceptors (Lipinski definition) is 5. The molecule has 7 heteroatoms. The predicted octanol–water partition coefficient (Wildman–Crippen LogP) is 5.03. The van der Waals surface area contributed by atoms with Gasteiger partial charge in [-0.05, 0) is 31.5 Å². The minimum atomic E-state index is -0.505. The van der Waals surface area contributed by atoms with Gasteiger partial charge in [0.05, 0.1) is 32.7 Å². The van der Waals surface area contributed by atoms with Gasteiger partial charge in [0.1, 0.15) is 16.6 Å². The smallest absolute Gasteiger partial charge is 0.144 e. The van der Waals surface area contributed by atoms with E-state index >= 15 is 0 Å². The maximum atomic E-state index is 13.4. The van der Waals surface area contributed by atoms with Gasteiger partial charge in [0.15, 0.2) is 0 Å². The Kier molecular flexibility index (Phi) is 5.08. The molecule has 0 bridgehead atoms. The van der Waals surface area contributed by atoms with Crippen LogP contribution in [0, 0.1) is 19.7 Å². The molecule has 0 aliphatic rings. The van der Waals surface area contributed by atoms with Gasteiger partial charge in [-0.1, -0.05) is 17.7 Å². The molecule has 0 atom stereocenters. The summed E-state index contributed by atoms with van der Waals surface area (Å²) in [5.41, 5.74) is 2.44. The molecule has 0 amide bonds. The highest BCUT2D eigenvalue weighted by molar-refractivity contribution is 7.16. The van der Waals surface area contributed by atoms with E-state index in [4.69, 9.17) is 11.6 Å². The van der Waals surface area contributed by atoms with Gasteiger partial charge in [-0.15, -0.1) is 22.7 Å². The third kappa shape index (κ3) is 3.88. The van der Waals surface area contributed by atoms with E-state index in [1.54, 1.807) is 17.4 Å². The molecule has 2 heterocycles. The average Bonchev–Trinajstić information content (AvgIpc) is 3.09. The number of nitrogens with zero attached hydrogens (tertiary/aromatic N) is 2. The highest BCUT2D eigenvalue weighted by atomic mass is 35.5. The standard InChI is InChI=1S/C17H14ClFN2OS2/c1-9-17(24-10(2)20-9)15-8-23-16(21-15)7-12(22)5-11-3-4-13(18)14(19)6-11/h3-4,6,8H,5,7H2,1-2H3. The van der Waals surface area contributed by atoms with Gasteiger partial charge in [-0.3, -0.25) is 4.79 Å². The Morgan fingerprint density at radius 2 is 2.04 bits per heavy atom. The van der Waals surface area contributed by atoms with Crippen LogP contribution in [-0.2, 0) is 17.6 Å². The van der Waals surface area contributed by atoms with E-state index in [9.17, 15) is 9.18 Å². The molecule has 0 fully saturated rings. The molecule has 24 heavy (non-hydrogen) atoms. The molecule has 0 spiro atoms. The molecule has 0 saturated heterocycles. The number of benzene rings is 1. The quantitative estimate of drug-likeness (QED) is 0.623. The molecular weight excluding hydrogens is 367 g/mol. The zero-order chi connectivity index (χ0) is 17.3. The first-order chi connectivity index (χ1) is 11.4. The van der Waals surface area contributed by atoms with Crippen LogP contribution >= 0.6 is 34.3 Å². The Labute approximate surface area is 152 Å². The molecule has 3 rings (SSSR count). The number of Topliss-reactive ketones (excluding diaryl/α,β-unsaturated/α-hetero) is 1. The first kappa shape index (κ1) is 17.2. The zero-order valence-corrected chi connectivity index (χ0v) is 15.5. The number of rotatable bonds is 5. The fraction of sp³-hybridized carbons (Fsp3) is 0.235. The Hall–Kier alpha value is -1.63. The number of thiazole rings is 2.